The van der Waals surface area contributed by atoms with Crippen molar-refractivity contribution in [2.75, 3.05) is 13.1 Å². The Bertz CT molecular complexity index is 689. The number of rotatable bonds is 7. The van der Waals surface area contributed by atoms with Crippen molar-refractivity contribution in [3.05, 3.63) is 71.8 Å². The molecule has 1 aliphatic rings. The Hall–Kier alpha value is -2.17. The summed E-state index contributed by atoms with van der Waals surface area (Å²) in [6.07, 6.45) is 1.45. The van der Waals surface area contributed by atoms with E-state index >= 15 is 0 Å². The second-order valence-corrected chi connectivity index (χ2v) is 7.35. The van der Waals surface area contributed by atoms with Gasteiger partial charge >= 0.3 is 0 Å². The summed E-state index contributed by atoms with van der Waals surface area (Å²) in [5.74, 6) is 0.533. The molecule has 3 atom stereocenters. The molecule has 0 bridgehead atoms. The lowest BCUT2D eigenvalue weighted by molar-refractivity contribution is -0.122. The van der Waals surface area contributed by atoms with Crippen LogP contribution < -0.4 is 11.1 Å². The maximum Gasteiger partial charge on any atom is 0.222 e. The number of nitrogens with zero attached hydrogens (tertiary/aromatic N) is 1. The van der Waals surface area contributed by atoms with Crippen LogP contribution >= 0.6 is 0 Å². The minimum atomic E-state index is -0.249. The van der Waals surface area contributed by atoms with Gasteiger partial charge in [-0.1, -0.05) is 60.7 Å². The molecule has 1 amide bonds. The lowest BCUT2D eigenvalue weighted by Crippen LogP contribution is -2.40. The molecule has 3 N–H and O–H groups in total. The van der Waals surface area contributed by atoms with Crippen molar-refractivity contribution in [3.8, 4) is 0 Å². The zero-order chi connectivity index (χ0) is 18.4. The highest BCUT2D eigenvalue weighted by molar-refractivity contribution is 5.77. The van der Waals surface area contributed by atoms with Crippen molar-refractivity contribution >= 4 is 5.91 Å². The molecule has 0 aliphatic carbocycles. The van der Waals surface area contributed by atoms with Gasteiger partial charge in [0.2, 0.25) is 5.91 Å². The summed E-state index contributed by atoms with van der Waals surface area (Å²) in [5.41, 5.74) is 8.51. The first kappa shape index (κ1) is 18.6. The first-order valence-electron chi connectivity index (χ1n) is 9.48. The first-order valence-corrected chi connectivity index (χ1v) is 9.48. The van der Waals surface area contributed by atoms with Crippen LogP contribution in [0.4, 0.5) is 0 Å². The lowest BCUT2D eigenvalue weighted by atomic mass is 9.99. The van der Waals surface area contributed by atoms with Crippen LogP contribution in [-0.4, -0.2) is 29.9 Å². The predicted molar refractivity (Wildman–Crippen MR) is 105 cm³/mol. The third-order valence-corrected chi connectivity index (χ3v) is 5.29. The van der Waals surface area contributed by atoms with Gasteiger partial charge in [-0.25, -0.2) is 0 Å². The number of likely N-dealkylation sites (tertiary alicyclic amines) is 1. The number of nitrogens with two attached hydrogens (primary N) is 1. The SMILES string of the molecule is CC(NC(=O)CC(N)c1ccccc1)C1CCN(Cc2ccccc2)C1. The third kappa shape index (κ3) is 5.16. The van der Waals surface area contributed by atoms with Crippen LogP contribution in [0.3, 0.4) is 0 Å². The van der Waals surface area contributed by atoms with E-state index in [0.29, 0.717) is 12.3 Å². The van der Waals surface area contributed by atoms with Crippen molar-refractivity contribution < 1.29 is 4.79 Å². The van der Waals surface area contributed by atoms with Gasteiger partial charge in [0, 0.05) is 31.6 Å². The zero-order valence-electron chi connectivity index (χ0n) is 15.5. The molecule has 0 radical (unpaired) electrons. The topological polar surface area (TPSA) is 58.4 Å². The Labute approximate surface area is 156 Å². The van der Waals surface area contributed by atoms with E-state index in [2.05, 4.69) is 41.4 Å². The monoisotopic (exact) mass is 351 g/mol. The minimum absolute atomic E-state index is 0.0374. The van der Waals surface area contributed by atoms with Gasteiger partial charge in [-0.2, -0.15) is 0 Å². The van der Waals surface area contributed by atoms with Crippen LogP contribution in [0, 0.1) is 5.92 Å². The van der Waals surface area contributed by atoms with E-state index in [9.17, 15) is 4.79 Å². The Morgan fingerprint density at radius 2 is 1.81 bits per heavy atom. The molecule has 4 heteroatoms. The molecule has 1 fully saturated rings. The average molecular weight is 351 g/mol. The molecule has 138 valence electrons. The van der Waals surface area contributed by atoms with Gasteiger partial charge in [-0.05, 0) is 36.9 Å². The lowest BCUT2D eigenvalue weighted by Gasteiger charge is -2.22. The average Bonchev–Trinajstić information content (AvgIpc) is 3.12. The number of nitrogens with one attached hydrogen (secondary N) is 1. The molecule has 0 spiro atoms. The molecular formula is C22H29N3O. The van der Waals surface area contributed by atoms with Gasteiger partial charge in [0.05, 0.1) is 0 Å². The van der Waals surface area contributed by atoms with Crippen molar-refractivity contribution in [1.29, 1.82) is 0 Å². The summed E-state index contributed by atoms with van der Waals surface area (Å²) in [6, 6.07) is 20.3. The van der Waals surface area contributed by atoms with Crippen molar-refractivity contribution in [1.82, 2.24) is 10.2 Å². The van der Waals surface area contributed by atoms with Crippen molar-refractivity contribution in [2.24, 2.45) is 11.7 Å². The smallest absolute Gasteiger partial charge is 0.222 e. The molecule has 1 heterocycles. The largest absolute Gasteiger partial charge is 0.353 e. The van der Waals surface area contributed by atoms with E-state index < -0.39 is 0 Å². The van der Waals surface area contributed by atoms with Crippen LogP contribution in [0.2, 0.25) is 0 Å². The number of benzene rings is 2. The summed E-state index contributed by atoms with van der Waals surface area (Å²) in [5, 5.41) is 3.16. The van der Waals surface area contributed by atoms with E-state index in [1.807, 2.05) is 36.4 Å². The molecule has 1 saturated heterocycles. The Kier molecular flexibility index (Phi) is 6.42. The number of amides is 1. The van der Waals surface area contributed by atoms with E-state index in [-0.39, 0.29) is 18.0 Å². The summed E-state index contributed by atoms with van der Waals surface area (Å²) in [6.45, 7) is 5.21. The van der Waals surface area contributed by atoms with Gasteiger partial charge in [-0.3, -0.25) is 9.69 Å². The predicted octanol–water partition coefficient (Wildman–Crippen LogP) is 3.10. The zero-order valence-corrected chi connectivity index (χ0v) is 15.5. The van der Waals surface area contributed by atoms with E-state index in [1.54, 1.807) is 0 Å². The van der Waals surface area contributed by atoms with Crippen molar-refractivity contribution in [3.63, 3.8) is 0 Å². The quantitative estimate of drug-likeness (QED) is 0.806. The standard InChI is InChI=1S/C22H29N3O/c1-17(24-22(26)14-21(23)19-10-6-3-7-11-19)20-12-13-25(16-20)15-18-8-4-2-5-9-18/h2-11,17,20-21H,12-16,23H2,1H3,(H,24,26). The van der Waals surface area contributed by atoms with Gasteiger partial charge in [-0.15, -0.1) is 0 Å². The van der Waals surface area contributed by atoms with Gasteiger partial charge < -0.3 is 11.1 Å². The van der Waals surface area contributed by atoms with Gasteiger partial charge in [0.15, 0.2) is 0 Å². The molecule has 3 rings (SSSR count). The normalized spacial score (nSPS) is 19.8. The maximum absolute atomic E-state index is 12.4. The maximum atomic E-state index is 12.4. The second-order valence-electron chi connectivity index (χ2n) is 7.35. The molecular weight excluding hydrogens is 322 g/mol. The molecule has 4 nitrogen and oxygen atoms in total. The molecule has 2 aromatic rings. The van der Waals surface area contributed by atoms with Crippen LogP contribution in [-0.2, 0) is 11.3 Å². The first-order chi connectivity index (χ1) is 12.6. The Morgan fingerprint density at radius 3 is 2.50 bits per heavy atom. The highest BCUT2D eigenvalue weighted by Crippen LogP contribution is 2.22. The molecule has 3 unspecified atom stereocenters. The van der Waals surface area contributed by atoms with Crippen LogP contribution in [0.15, 0.2) is 60.7 Å². The number of hydrogen-bond acceptors (Lipinski definition) is 3. The van der Waals surface area contributed by atoms with Crippen LogP contribution in [0.5, 0.6) is 0 Å². The number of hydrogen-bond donors (Lipinski definition) is 2. The second kappa shape index (κ2) is 8.97. The molecule has 2 aromatic carbocycles. The summed E-state index contributed by atoms with van der Waals surface area (Å²) < 4.78 is 0. The van der Waals surface area contributed by atoms with E-state index in [1.165, 1.54) is 5.56 Å². The fourth-order valence-corrected chi connectivity index (χ4v) is 3.70. The van der Waals surface area contributed by atoms with E-state index in [4.69, 9.17) is 5.73 Å². The van der Waals surface area contributed by atoms with Crippen LogP contribution in [0.1, 0.15) is 36.9 Å². The molecule has 26 heavy (non-hydrogen) atoms. The fraction of sp³-hybridized carbons (Fsp3) is 0.409. The highest BCUT2D eigenvalue weighted by atomic mass is 16.1. The van der Waals surface area contributed by atoms with Crippen molar-refractivity contribution in [2.45, 2.75) is 38.4 Å². The van der Waals surface area contributed by atoms with E-state index in [0.717, 1.165) is 31.6 Å². The minimum Gasteiger partial charge on any atom is -0.353 e. The summed E-state index contributed by atoms with van der Waals surface area (Å²) in [7, 11) is 0. The third-order valence-electron chi connectivity index (χ3n) is 5.29. The number of carbonyl (C=O) groups excluding carboxylic acids is 1. The molecule has 1 aliphatic heterocycles. The van der Waals surface area contributed by atoms with Gasteiger partial charge in [0.25, 0.3) is 0 Å². The summed E-state index contributed by atoms with van der Waals surface area (Å²) in [4.78, 5) is 14.8. The highest BCUT2D eigenvalue weighted by Gasteiger charge is 2.28. The molecule has 0 aromatic heterocycles. The number of carbonyl (C=O) groups is 1. The van der Waals surface area contributed by atoms with Gasteiger partial charge in [0.1, 0.15) is 0 Å². The Morgan fingerprint density at radius 1 is 1.15 bits per heavy atom. The summed E-state index contributed by atoms with van der Waals surface area (Å²) >= 11 is 0. The molecule has 0 saturated carbocycles. The Balaban J connectivity index is 1.44. The van der Waals surface area contributed by atoms with Crippen LogP contribution in [0.25, 0.3) is 0 Å². The fourth-order valence-electron chi connectivity index (χ4n) is 3.70.